The zero-order valence-corrected chi connectivity index (χ0v) is 19.5. The van der Waals surface area contributed by atoms with E-state index in [9.17, 15) is 4.79 Å². The Bertz CT molecular complexity index is 1350. The van der Waals surface area contributed by atoms with Crippen molar-refractivity contribution in [2.75, 3.05) is 31.1 Å². The van der Waals surface area contributed by atoms with Gasteiger partial charge in [0.05, 0.1) is 0 Å². The lowest BCUT2D eigenvalue weighted by Gasteiger charge is -2.35. The van der Waals surface area contributed by atoms with Crippen LogP contribution in [0.25, 0.3) is 33.1 Å². The van der Waals surface area contributed by atoms with Gasteiger partial charge in [-0.3, -0.25) is 4.79 Å². The smallest absolute Gasteiger partial charge is 0.263 e. The quantitative estimate of drug-likeness (QED) is 0.414. The summed E-state index contributed by atoms with van der Waals surface area (Å²) in [5.74, 6) is 2.24. The number of amides is 1. The normalized spacial score (nSPS) is 16.5. The van der Waals surface area contributed by atoms with Crippen molar-refractivity contribution < 1.29 is 9.32 Å². The highest BCUT2D eigenvalue weighted by Gasteiger charge is 2.35. The molecule has 7 heteroatoms. The Morgan fingerprint density at radius 1 is 1.03 bits per heavy atom. The van der Waals surface area contributed by atoms with E-state index < -0.39 is 0 Å². The van der Waals surface area contributed by atoms with Crippen LogP contribution in [-0.2, 0) is 11.2 Å². The van der Waals surface area contributed by atoms with Gasteiger partial charge in [-0.15, -0.1) is 0 Å². The van der Waals surface area contributed by atoms with Gasteiger partial charge in [0.2, 0.25) is 5.91 Å². The molecule has 2 aliphatic rings. The first-order valence-corrected chi connectivity index (χ1v) is 12.4. The van der Waals surface area contributed by atoms with E-state index in [0.29, 0.717) is 11.6 Å². The second kappa shape index (κ2) is 8.70. The number of benzene rings is 2. The van der Waals surface area contributed by atoms with Crippen molar-refractivity contribution in [3.05, 3.63) is 48.3 Å². The summed E-state index contributed by atoms with van der Waals surface area (Å²) in [5, 5.41) is 7.66. The SMILES string of the molecule is CCCCc1nc(N2CCN(C(=O)C3CC3)CC2)c2c(-c3ccc4ccccc4c3)noc2n1. The summed E-state index contributed by atoms with van der Waals surface area (Å²) in [6.45, 7) is 5.12. The molecule has 0 atom stereocenters. The van der Waals surface area contributed by atoms with Gasteiger partial charge in [-0.2, -0.15) is 4.98 Å². The lowest BCUT2D eigenvalue weighted by atomic mass is 10.0. The van der Waals surface area contributed by atoms with Gasteiger partial charge in [0.15, 0.2) is 0 Å². The number of rotatable bonds is 6. The number of carbonyl (C=O) groups is 1. The molecule has 0 radical (unpaired) electrons. The maximum atomic E-state index is 12.5. The van der Waals surface area contributed by atoms with E-state index in [1.54, 1.807) is 0 Å². The van der Waals surface area contributed by atoms with E-state index in [4.69, 9.17) is 14.5 Å². The van der Waals surface area contributed by atoms with Crippen LogP contribution >= 0.6 is 0 Å². The number of hydrogen-bond donors (Lipinski definition) is 0. The van der Waals surface area contributed by atoms with Crippen molar-refractivity contribution >= 4 is 33.6 Å². The first-order valence-electron chi connectivity index (χ1n) is 12.4. The Morgan fingerprint density at radius 3 is 2.59 bits per heavy atom. The monoisotopic (exact) mass is 455 g/mol. The maximum Gasteiger partial charge on any atom is 0.263 e. The predicted molar refractivity (Wildman–Crippen MR) is 133 cm³/mol. The topological polar surface area (TPSA) is 75.4 Å². The molecule has 0 unspecified atom stereocenters. The van der Waals surface area contributed by atoms with Crippen molar-refractivity contribution in [2.45, 2.75) is 39.0 Å². The van der Waals surface area contributed by atoms with E-state index in [1.807, 2.05) is 17.0 Å². The highest BCUT2D eigenvalue weighted by atomic mass is 16.5. The average Bonchev–Trinajstić information content (AvgIpc) is 3.65. The Balaban J connectivity index is 1.39. The minimum Gasteiger partial charge on any atom is -0.352 e. The van der Waals surface area contributed by atoms with Crippen LogP contribution in [0.4, 0.5) is 5.82 Å². The fourth-order valence-corrected chi connectivity index (χ4v) is 4.82. The van der Waals surface area contributed by atoms with E-state index in [2.05, 4.69) is 47.3 Å². The van der Waals surface area contributed by atoms with Crippen LogP contribution in [0.15, 0.2) is 47.0 Å². The molecule has 7 nitrogen and oxygen atoms in total. The lowest BCUT2D eigenvalue weighted by Crippen LogP contribution is -2.49. The van der Waals surface area contributed by atoms with Gasteiger partial charge < -0.3 is 14.3 Å². The lowest BCUT2D eigenvalue weighted by molar-refractivity contribution is -0.132. The number of aromatic nitrogens is 3. The minimum atomic E-state index is 0.260. The van der Waals surface area contributed by atoms with Crippen LogP contribution in [0.2, 0.25) is 0 Å². The van der Waals surface area contributed by atoms with E-state index in [-0.39, 0.29) is 5.92 Å². The van der Waals surface area contributed by atoms with Crippen molar-refractivity contribution in [1.82, 2.24) is 20.0 Å². The number of piperazine rings is 1. The molecule has 34 heavy (non-hydrogen) atoms. The van der Waals surface area contributed by atoms with Crippen LogP contribution in [0, 0.1) is 5.92 Å². The molecule has 0 N–H and O–H groups in total. The van der Waals surface area contributed by atoms with Gasteiger partial charge in [-0.1, -0.05) is 54.9 Å². The van der Waals surface area contributed by atoms with Crippen molar-refractivity contribution in [3.8, 4) is 11.3 Å². The first kappa shape index (κ1) is 21.1. The number of aryl methyl sites for hydroxylation is 1. The molecular formula is C27H29N5O2. The Kier molecular flexibility index (Phi) is 5.40. The summed E-state index contributed by atoms with van der Waals surface area (Å²) in [5.41, 5.74) is 2.30. The zero-order valence-electron chi connectivity index (χ0n) is 19.5. The molecule has 1 aliphatic heterocycles. The maximum absolute atomic E-state index is 12.5. The van der Waals surface area contributed by atoms with Crippen LogP contribution in [-0.4, -0.2) is 52.1 Å². The van der Waals surface area contributed by atoms with E-state index in [1.165, 1.54) is 5.39 Å². The Morgan fingerprint density at radius 2 is 1.82 bits per heavy atom. The molecule has 6 rings (SSSR count). The third-order valence-corrected chi connectivity index (χ3v) is 6.96. The van der Waals surface area contributed by atoms with E-state index in [0.717, 1.165) is 92.0 Å². The molecule has 2 fully saturated rings. The number of nitrogens with zero attached hydrogens (tertiary/aromatic N) is 5. The van der Waals surface area contributed by atoms with E-state index >= 15 is 0 Å². The number of unbranched alkanes of at least 4 members (excludes halogenated alkanes) is 1. The summed E-state index contributed by atoms with van der Waals surface area (Å²) in [6.07, 6.45) is 5.01. The summed E-state index contributed by atoms with van der Waals surface area (Å²) < 4.78 is 5.77. The molecule has 0 bridgehead atoms. The molecular weight excluding hydrogens is 426 g/mol. The second-order valence-electron chi connectivity index (χ2n) is 9.43. The molecule has 4 aromatic rings. The molecule has 1 amide bonds. The Labute approximate surface area is 198 Å². The first-order chi connectivity index (χ1) is 16.7. The molecule has 2 aromatic heterocycles. The number of carbonyl (C=O) groups excluding carboxylic acids is 1. The molecule has 174 valence electrons. The Hall–Kier alpha value is -3.48. The highest BCUT2D eigenvalue weighted by molar-refractivity contribution is 6.00. The average molecular weight is 456 g/mol. The van der Waals surface area contributed by atoms with Gasteiger partial charge in [-0.25, -0.2) is 4.98 Å². The summed E-state index contributed by atoms with van der Waals surface area (Å²) in [4.78, 5) is 26.6. The molecule has 2 aromatic carbocycles. The largest absolute Gasteiger partial charge is 0.352 e. The summed E-state index contributed by atoms with van der Waals surface area (Å²) >= 11 is 0. The van der Waals surface area contributed by atoms with Crippen molar-refractivity contribution in [1.29, 1.82) is 0 Å². The van der Waals surface area contributed by atoms with Crippen molar-refractivity contribution in [3.63, 3.8) is 0 Å². The van der Waals surface area contributed by atoms with Crippen LogP contribution in [0.1, 0.15) is 38.4 Å². The van der Waals surface area contributed by atoms with Crippen LogP contribution < -0.4 is 4.90 Å². The number of hydrogen-bond acceptors (Lipinski definition) is 6. The third-order valence-electron chi connectivity index (χ3n) is 6.96. The van der Waals surface area contributed by atoms with Crippen LogP contribution in [0.3, 0.4) is 0 Å². The van der Waals surface area contributed by atoms with Gasteiger partial charge >= 0.3 is 0 Å². The van der Waals surface area contributed by atoms with Crippen molar-refractivity contribution in [2.24, 2.45) is 5.92 Å². The standard InChI is InChI=1S/C27H29N5O2/c1-2-3-8-22-28-25(31-13-15-32(16-14-31)27(33)19-10-11-19)23-24(30-34-26(23)29-22)21-12-9-18-6-4-5-7-20(18)17-21/h4-7,9,12,17,19H,2-3,8,10-11,13-16H2,1H3. The zero-order chi connectivity index (χ0) is 23.1. The number of anilines is 1. The fourth-order valence-electron chi connectivity index (χ4n) is 4.82. The molecule has 1 saturated carbocycles. The van der Waals surface area contributed by atoms with Gasteiger partial charge in [0.25, 0.3) is 5.71 Å². The van der Waals surface area contributed by atoms with Gasteiger partial charge in [0.1, 0.15) is 22.7 Å². The summed E-state index contributed by atoms with van der Waals surface area (Å²) in [7, 11) is 0. The predicted octanol–water partition coefficient (Wildman–Crippen LogP) is 4.84. The summed E-state index contributed by atoms with van der Waals surface area (Å²) in [6, 6.07) is 14.7. The molecule has 3 heterocycles. The highest BCUT2D eigenvalue weighted by Crippen LogP contribution is 2.36. The molecule has 1 aliphatic carbocycles. The number of fused-ring (bicyclic) bond motifs is 2. The molecule has 0 spiro atoms. The fraction of sp³-hybridized carbons (Fsp3) is 0.407. The third kappa shape index (κ3) is 3.89. The van der Waals surface area contributed by atoms with Gasteiger partial charge in [-0.05, 0) is 36.1 Å². The van der Waals surface area contributed by atoms with Crippen LogP contribution in [0.5, 0.6) is 0 Å². The molecule has 1 saturated heterocycles. The minimum absolute atomic E-state index is 0.260. The second-order valence-corrected chi connectivity index (χ2v) is 9.43. The van der Waals surface area contributed by atoms with Gasteiger partial charge in [0, 0.05) is 44.1 Å².